The monoisotopic (exact) mass is 539 g/mol. The molecule has 0 aromatic heterocycles. The molecule has 4 rings (SSSR count). The van der Waals surface area contributed by atoms with Crippen molar-refractivity contribution in [3.8, 4) is 11.8 Å². The third-order valence-electron chi connectivity index (χ3n) is 8.48. The van der Waals surface area contributed by atoms with E-state index < -0.39 is 16.8 Å². The molecule has 1 aliphatic heterocycles. The van der Waals surface area contributed by atoms with Gasteiger partial charge in [0.2, 0.25) is 5.91 Å². The Kier molecular flexibility index (Phi) is 7.98. The van der Waals surface area contributed by atoms with Crippen LogP contribution in [0.3, 0.4) is 0 Å². The molecule has 196 valence electrons. The van der Waals surface area contributed by atoms with Crippen molar-refractivity contribution < 1.29 is 14.7 Å². The van der Waals surface area contributed by atoms with Crippen LogP contribution in [0.5, 0.6) is 0 Å². The summed E-state index contributed by atoms with van der Waals surface area (Å²) in [6.45, 7) is 8.43. The second kappa shape index (κ2) is 10.7. The highest BCUT2D eigenvalue weighted by atomic mass is 35.5. The summed E-state index contributed by atoms with van der Waals surface area (Å²) < 4.78 is 0. The lowest BCUT2D eigenvalue weighted by atomic mass is 9.53. The Hall–Kier alpha value is -2.48. The quantitative estimate of drug-likeness (QED) is 0.311. The normalized spacial score (nSPS) is 25.1. The lowest BCUT2D eigenvalue weighted by Crippen LogP contribution is -2.50. The van der Waals surface area contributed by atoms with Crippen LogP contribution in [0.1, 0.15) is 88.8 Å². The van der Waals surface area contributed by atoms with Crippen LogP contribution < -0.4 is 4.90 Å². The Bertz CT molecular complexity index is 1260. The van der Waals surface area contributed by atoms with Gasteiger partial charge in [0.15, 0.2) is 0 Å². The fourth-order valence-electron chi connectivity index (χ4n) is 6.41. The summed E-state index contributed by atoms with van der Waals surface area (Å²) in [4.78, 5) is 28.2. The summed E-state index contributed by atoms with van der Waals surface area (Å²) in [5.74, 6) is 5.16. The Labute approximate surface area is 230 Å². The average Bonchev–Trinajstić information content (AvgIpc) is 2.93. The fourth-order valence-corrected chi connectivity index (χ4v) is 7.41. The number of carboxylic acid groups (broad SMARTS) is 1. The van der Waals surface area contributed by atoms with Gasteiger partial charge in [-0.15, -0.1) is 0 Å². The minimum atomic E-state index is -1.01. The predicted molar refractivity (Wildman–Crippen MR) is 151 cm³/mol. The minimum absolute atomic E-state index is 0.0708. The molecule has 1 fully saturated rings. The van der Waals surface area contributed by atoms with E-state index in [4.69, 9.17) is 23.2 Å². The van der Waals surface area contributed by atoms with Crippen molar-refractivity contribution in [2.45, 2.75) is 77.6 Å². The third kappa shape index (κ3) is 5.01. The van der Waals surface area contributed by atoms with E-state index in [-0.39, 0.29) is 24.2 Å². The van der Waals surface area contributed by atoms with Crippen LogP contribution in [-0.4, -0.2) is 23.5 Å². The van der Waals surface area contributed by atoms with Crippen LogP contribution in [0, 0.1) is 23.2 Å². The topological polar surface area (TPSA) is 57.6 Å². The molecule has 37 heavy (non-hydrogen) atoms. The van der Waals surface area contributed by atoms with Gasteiger partial charge in [-0.1, -0.05) is 80.4 Å². The smallest absolute Gasteiger partial charge is 0.309 e. The largest absolute Gasteiger partial charge is 0.481 e. The number of anilines is 1. The van der Waals surface area contributed by atoms with Gasteiger partial charge >= 0.3 is 5.97 Å². The van der Waals surface area contributed by atoms with Gasteiger partial charge in [-0.05, 0) is 72.8 Å². The van der Waals surface area contributed by atoms with Gasteiger partial charge in [0, 0.05) is 30.0 Å². The lowest BCUT2D eigenvalue weighted by Gasteiger charge is -2.49. The number of rotatable bonds is 5. The summed E-state index contributed by atoms with van der Waals surface area (Å²) in [6, 6.07) is 11.8. The maximum absolute atomic E-state index is 13.9. The van der Waals surface area contributed by atoms with Crippen LogP contribution in [0.15, 0.2) is 36.4 Å². The van der Waals surface area contributed by atoms with Gasteiger partial charge in [0.05, 0.1) is 16.1 Å². The van der Waals surface area contributed by atoms with Gasteiger partial charge in [-0.25, -0.2) is 0 Å². The zero-order valence-corrected chi connectivity index (χ0v) is 23.5. The molecule has 0 radical (unpaired) electrons. The van der Waals surface area contributed by atoms with Crippen LogP contribution in [0.2, 0.25) is 10.0 Å². The number of fused-ring (bicyclic) bond motifs is 3. The molecule has 2 aliphatic rings. The lowest BCUT2D eigenvalue weighted by molar-refractivity contribution is -0.157. The molecule has 1 N–H and O–H groups in total. The van der Waals surface area contributed by atoms with Crippen LogP contribution in [0.25, 0.3) is 0 Å². The number of aliphatic carboxylic acids is 1. The van der Waals surface area contributed by atoms with Crippen molar-refractivity contribution in [2.24, 2.45) is 11.3 Å². The molecule has 1 amide bonds. The standard InChI is InChI=1S/C31H35Cl2NO3/c1-20(2)26-23(32)18-22-28(27(26)33)34(17-10-6-9-14-21-12-7-5-8-13-21)25(35)19-24-30(22,3)15-11-16-31(24,4)29(36)37/h5,7-8,12-13,18,20,24H,6,10-11,15-17,19H2,1-4H3,(H,36,37)/t24-,30-,31-/m1/s1. The van der Waals surface area contributed by atoms with Gasteiger partial charge in [0.1, 0.15) is 0 Å². The van der Waals surface area contributed by atoms with E-state index in [2.05, 4.69) is 18.8 Å². The molecule has 2 aromatic rings. The van der Waals surface area contributed by atoms with Crippen molar-refractivity contribution in [1.29, 1.82) is 0 Å². The highest BCUT2D eigenvalue weighted by molar-refractivity contribution is 6.38. The summed E-state index contributed by atoms with van der Waals surface area (Å²) in [5.41, 5.74) is 1.83. The molecule has 0 spiro atoms. The number of nitrogens with zero attached hydrogens (tertiary/aromatic N) is 1. The number of unbranched alkanes of at least 4 members (excludes halogenated alkanes) is 1. The van der Waals surface area contributed by atoms with Crippen LogP contribution in [0.4, 0.5) is 5.69 Å². The first-order chi connectivity index (χ1) is 17.5. The minimum Gasteiger partial charge on any atom is -0.481 e. The highest BCUT2D eigenvalue weighted by Gasteiger charge is 2.57. The Morgan fingerprint density at radius 2 is 1.89 bits per heavy atom. The maximum Gasteiger partial charge on any atom is 0.309 e. The molecule has 1 heterocycles. The zero-order valence-electron chi connectivity index (χ0n) is 22.0. The number of carbonyl (C=O) groups is 2. The highest BCUT2D eigenvalue weighted by Crippen LogP contribution is 2.59. The Morgan fingerprint density at radius 3 is 2.54 bits per heavy atom. The molecule has 1 saturated carbocycles. The number of carboxylic acids is 1. The first kappa shape index (κ1) is 27.6. The fraction of sp³-hybridized carbons (Fsp3) is 0.484. The van der Waals surface area contributed by atoms with Crippen LogP contribution in [-0.2, 0) is 15.0 Å². The molecule has 6 heteroatoms. The van der Waals surface area contributed by atoms with Crippen molar-refractivity contribution in [3.05, 3.63) is 63.1 Å². The van der Waals surface area contributed by atoms with Crippen molar-refractivity contribution in [1.82, 2.24) is 0 Å². The number of carbonyl (C=O) groups excluding carboxylic acids is 1. The SMILES string of the molecule is CC(C)c1c(Cl)cc2c(c1Cl)N(CCCC#Cc1ccccc1)C(=O)C[C@H]1[C@](C)(C(=O)O)CCC[C@]21C. The molecule has 0 saturated heterocycles. The van der Waals surface area contributed by atoms with Gasteiger partial charge in [-0.2, -0.15) is 0 Å². The van der Waals surface area contributed by atoms with Crippen molar-refractivity contribution in [3.63, 3.8) is 0 Å². The van der Waals surface area contributed by atoms with E-state index in [1.807, 2.05) is 50.2 Å². The number of amides is 1. The average molecular weight is 541 g/mol. The molecular weight excluding hydrogens is 505 g/mol. The van der Waals surface area contributed by atoms with Crippen LogP contribution >= 0.6 is 23.2 Å². The second-order valence-corrected chi connectivity index (χ2v) is 12.0. The Balaban J connectivity index is 1.77. The van der Waals surface area contributed by atoms with Crippen molar-refractivity contribution in [2.75, 3.05) is 11.4 Å². The van der Waals surface area contributed by atoms with Crippen molar-refractivity contribution >= 4 is 40.8 Å². The first-order valence-electron chi connectivity index (χ1n) is 13.1. The third-order valence-corrected chi connectivity index (χ3v) is 9.17. The van der Waals surface area contributed by atoms with E-state index in [0.29, 0.717) is 41.5 Å². The number of hydrogen-bond acceptors (Lipinski definition) is 2. The molecule has 1 aliphatic carbocycles. The molecule has 0 unspecified atom stereocenters. The van der Waals surface area contributed by atoms with E-state index in [0.717, 1.165) is 29.5 Å². The molecule has 0 bridgehead atoms. The van der Waals surface area contributed by atoms with Gasteiger partial charge in [-0.3, -0.25) is 9.59 Å². The first-order valence-corrected chi connectivity index (χ1v) is 13.9. The second-order valence-electron chi connectivity index (χ2n) is 11.2. The molecule has 3 atom stereocenters. The maximum atomic E-state index is 13.9. The summed E-state index contributed by atoms with van der Waals surface area (Å²) >= 11 is 13.9. The molecule has 4 nitrogen and oxygen atoms in total. The number of halogens is 2. The predicted octanol–water partition coefficient (Wildman–Crippen LogP) is 7.83. The number of benzene rings is 2. The van der Waals surface area contributed by atoms with Gasteiger partial charge in [0.25, 0.3) is 0 Å². The molecular formula is C31H35Cl2NO3. The summed E-state index contributed by atoms with van der Waals surface area (Å²) in [7, 11) is 0. The number of hydrogen-bond donors (Lipinski definition) is 1. The molecule has 2 aromatic carbocycles. The van der Waals surface area contributed by atoms with E-state index in [9.17, 15) is 14.7 Å². The van der Waals surface area contributed by atoms with E-state index in [1.54, 1.807) is 11.8 Å². The van der Waals surface area contributed by atoms with E-state index in [1.165, 1.54) is 0 Å². The van der Waals surface area contributed by atoms with Gasteiger partial charge < -0.3 is 10.0 Å². The summed E-state index contributed by atoms with van der Waals surface area (Å²) in [5, 5.41) is 11.3. The summed E-state index contributed by atoms with van der Waals surface area (Å²) in [6.07, 6.45) is 3.56. The Morgan fingerprint density at radius 1 is 1.19 bits per heavy atom. The van der Waals surface area contributed by atoms with E-state index >= 15 is 0 Å². The zero-order chi connectivity index (χ0) is 27.0.